The van der Waals surface area contributed by atoms with Crippen LogP contribution in [-0.4, -0.2) is 19.2 Å². The minimum atomic E-state index is -0.401. The largest absolute Gasteiger partial charge is 0.449 e. The lowest BCUT2D eigenvalue weighted by Gasteiger charge is -2.14. The molecule has 1 rings (SSSR count). The molecule has 0 bridgehead atoms. The maximum Gasteiger partial charge on any atom is 0.411 e. The summed E-state index contributed by atoms with van der Waals surface area (Å²) in [7, 11) is 0. The summed E-state index contributed by atoms with van der Waals surface area (Å²) in [4.78, 5) is 11.6. The molecule has 4 nitrogen and oxygen atoms in total. The van der Waals surface area contributed by atoms with Crippen molar-refractivity contribution in [2.24, 2.45) is 5.92 Å². The van der Waals surface area contributed by atoms with Crippen LogP contribution in [-0.2, 0) is 4.74 Å². The first-order valence-corrected chi connectivity index (χ1v) is 6.80. The van der Waals surface area contributed by atoms with Gasteiger partial charge in [-0.25, -0.2) is 4.79 Å². The maximum atomic E-state index is 11.6. The number of anilines is 1. The lowest BCUT2D eigenvalue weighted by atomic mass is 10.1. The zero-order chi connectivity index (χ0) is 14.3. The first-order chi connectivity index (χ1) is 9.02. The van der Waals surface area contributed by atoms with Crippen molar-refractivity contribution in [2.45, 2.75) is 33.7 Å². The van der Waals surface area contributed by atoms with E-state index in [2.05, 4.69) is 24.5 Å². The van der Waals surface area contributed by atoms with Gasteiger partial charge in [0.05, 0.1) is 6.61 Å². The van der Waals surface area contributed by atoms with E-state index in [4.69, 9.17) is 4.74 Å². The standard InChI is InChI=1S/C15H24N2O2/c1-5-16-12(4)13-7-6-8-14(9-13)17-15(18)19-10-11(2)3/h6-9,11-12,16H,5,10H2,1-4H3,(H,17,18). The molecule has 0 heterocycles. The van der Waals surface area contributed by atoms with Gasteiger partial charge in [-0.3, -0.25) is 5.32 Å². The second-order valence-corrected chi connectivity index (χ2v) is 5.02. The normalized spacial score (nSPS) is 12.3. The third-order valence-electron chi connectivity index (χ3n) is 2.69. The second-order valence-electron chi connectivity index (χ2n) is 5.02. The molecule has 0 aromatic heterocycles. The van der Waals surface area contributed by atoms with Gasteiger partial charge in [-0.1, -0.05) is 32.9 Å². The van der Waals surface area contributed by atoms with Gasteiger partial charge in [0.1, 0.15) is 0 Å². The summed E-state index contributed by atoms with van der Waals surface area (Å²) in [5.74, 6) is 0.339. The Kier molecular flexibility index (Phi) is 6.36. The van der Waals surface area contributed by atoms with Crippen molar-refractivity contribution < 1.29 is 9.53 Å². The molecule has 0 aliphatic heterocycles. The zero-order valence-electron chi connectivity index (χ0n) is 12.2. The molecule has 1 amide bonds. The number of benzene rings is 1. The van der Waals surface area contributed by atoms with Crippen molar-refractivity contribution in [2.75, 3.05) is 18.5 Å². The Morgan fingerprint density at radius 3 is 2.68 bits per heavy atom. The van der Waals surface area contributed by atoms with Crippen LogP contribution >= 0.6 is 0 Å². The quantitative estimate of drug-likeness (QED) is 0.826. The predicted octanol–water partition coefficient (Wildman–Crippen LogP) is 3.56. The molecule has 0 fully saturated rings. The van der Waals surface area contributed by atoms with Crippen LogP contribution < -0.4 is 10.6 Å². The first kappa shape index (κ1) is 15.5. The van der Waals surface area contributed by atoms with E-state index >= 15 is 0 Å². The van der Waals surface area contributed by atoms with Gasteiger partial charge in [-0.2, -0.15) is 0 Å². The Balaban J connectivity index is 2.59. The fourth-order valence-electron chi connectivity index (χ4n) is 1.71. The van der Waals surface area contributed by atoms with Crippen molar-refractivity contribution in [1.82, 2.24) is 5.32 Å². The molecule has 0 aliphatic carbocycles. The van der Waals surface area contributed by atoms with Gasteiger partial charge in [-0.15, -0.1) is 0 Å². The van der Waals surface area contributed by atoms with Gasteiger partial charge in [0.15, 0.2) is 0 Å². The van der Waals surface area contributed by atoms with Crippen LogP contribution in [0.25, 0.3) is 0 Å². The Bertz CT molecular complexity index is 405. The van der Waals surface area contributed by atoms with E-state index in [9.17, 15) is 4.79 Å². The van der Waals surface area contributed by atoms with E-state index in [1.807, 2.05) is 38.1 Å². The summed E-state index contributed by atoms with van der Waals surface area (Å²) in [6, 6.07) is 8.06. The molecule has 0 radical (unpaired) electrons. The van der Waals surface area contributed by atoms with E-state index in [-0.39, 0.29) is 6.04 Å². The van der Waals surface area contributed by atoms with Crippen LogP contribution in [0, 0.1) is 5.92 Å². The summed E-state index contributed by atoms with van der Waals surface area (Å²) >= 11 is 0. The molecule has 1 aromatic rings. The van der Waals surface area contributed by atoms with Crippen LogP contribution in [0.15, 0.2) is 24.3 Å². The molecule has 0 saturated heterocycles. The Morgan fingerprint density at radius 2 is 2.05 bits per heavy atom. The van der Waals surface area contributed by atoms with E-state index in [1.165, 1.54) is 0 Å². The highest BCUT2D eigenvalue weighted by molar-refractivity contribution is 5.84. The number of rotatable bonds is 6. The molecule has 0 spiro atoms. The number of carbonyl (C=O) groups is 1. The Morgan fingerprint density at radius 1 is 1.32 bits per heavy atom. The van der Waals surface area contributed by atoms with Crippen LogP contribution in [0.4, 0.5) is 10.5 Å². The smallest absolute Gasteiger partial charge is 0.411 e. The SMILES string of the molecule is CCNC(C)c1cccc(NC(=O)OCC(C)C)c1. The number of nitrogens with one attached hydrogen (secondary N) is 2. The van der Waals surface area contributed by atoms with E-state index < -0.39 is 6.09 Å². The highest BCUT2D eigenvalue weighted by atomic mass is 16.5. The highest BCUT2D eigenvalue weighted by Crippen LogP contribution is 2.17. The van der Waals surface area contributed by atoms with Crippen LogP contribution in [0.2, 0.25) is 0 Å². The number of amides is 1. The summed E-state index contributed by atoms with van der Waals surface area (Å²) in [5.41, 5.74) is 1.90. The monoisotopic (exact) mass is 264 g/mol. The molecule has 4 heteroatoms. The average Bonchev–Trinajstić information content (AvgIpc) is 2.37. The molecular formula is C15H24N2O2. The Hall–Kier alpha value is -1.55. The van der Waals surface area contributed by atoms with Gasteiger partial charge < -0.3 is 10.1 Å². The topological polar surface area (TPSA) is 50.4 Å². The van der Waals surface area contributed by atoms with Crippen molar-refractivity contribution in [3.05, 3.63) is 29.8 Å². The molecular weight excluding hydrogens is 240 g/mol. The third kappa shape index (κ3) is 5.75. The highest BCUT2D eigenvalue weighted by Gasteiger charge is 2.07. The molecule has 106 valence electrons. The lowest BCUT2D eigenvalue weighted by Crippen LogP contribution is -2.19. The van der Waals surface area contributed by atoms with Gasteiger partial charge in [0.2, 0.25) is 0 Å². The van der Waals surface area contributed by atoms with E-state index in [0.717, 1.165) is 17.8 Å². The maximum absolute atomic E-state index is 11.6. The van der Waals surface area contributed by atoms with Crippen molar-refractivity contribution in [3.63, 3.8) is 0 Å². The molecule has 1 aromatic carbocycles. The number of hydrogen-bond acceptors (Lipinski definition) is 3. The van der Waals surface area contributed by atoms with Gasteiger partial charge in [0, 0.05) is 11.7 Å². The minimum Gasteiger partial charge on any atom is -0.449 e. The Labute approximate surface area is 115 Å². The minimum absolute atomic E-state index is 0.262. The number of hydrogen-bond donors (Lipinski definition) is 2. The van der Waals surface area contributed by atoms with Crippen LogP contribution in [0.1, 0.15) is 39.3 Å². The molecule has 0 saturated carbocycles. The van der Waals surface area contributed by atoms with Gasteiger partial charge >= 0.3 is 6.09 Å². The van der Waals surface area contributed by atoms with Crippen molar-refractivity contribution in [1.29, 1.82) is 0 Å². The molecule has 19 heavy (non-hydrogen) atoms. The number of carbonyl (C=O) groups excluding carboxylic acids is 1. The predicted molar refractivity (Wildman–Crippen MR) is 78.3 cm³/mol. The van der Waals surface area contributed by atoms with Crippen molar-refractivity contribution in [3.8, 4) is 0 Å². The first-order valence-electron chi connectivity index (χ1n) is 6.80. The fraction of sp³-hybridized carbons (Fsp3) is 0.533. The molecule has 1 unspecified atom stereocenters. The van der Waals surface area contributed by atoms with Crippen molar-refractivity contribution >= 4 is 11.8 Å². The van der Waals surface area contributed by atoms with Gasteiger partial charge in [0.25, 0.3) is 0 Å². The summed E-state index contributed by atoms with van der Waals surface area (Å²) in [6.07, 6.45) is -0.401. The van der Waals surface area contributed by atoms with Gasteiger partial charge in [-0.05, 0) is 37.1 Å². The summed E-state index contributed by atoms with van der Waals surface area (Å²) < 4.78 is 5.09. The summed E-state index contributed by atoms with van der Waals surface area (Å²) in [5, 5.41) is 6.08. The van der Waals surface area contributed by atoms with E-state index in [0.29, 0.717) is 12.5 Å². The van der Waals surface area contributed by atoms with Crippen LogP contribution in [0.3, 0.4) is 0 Å². The molecule has 0 aliphatic rings. The fourth-order valence-corrected chi connectivity index (χ4v) is 1.71. The zero-order valence-corrected chi connectivity index (χ0v) is 12.2. The summed E-state index contributed by atoms with van der Waals surface area (Å²) in [6.45, 7) is 9.52. The number of ether oxygens (including phenoxy) is 1. The second kappa shape index (κ2) is 7.79. The third-order valence-corrected chi connectivity index (χ3v) is 2.69. The molecule has 2 N–H and O–H groups in total. The molecule has 1 atom stereocenters. The van der Waals surface area contributed by atoms with Crippen LogP contribution in [0.5, 0.6) is 0 Å². The lowest BCUT2D eigenvalue weighted by molar-refractivity contribution is 0.147. The average molecular weight is 264 g/mol. The van der Waals surface area contributed by atoms with E-state index in [1.54, 1.807) is 0 Å².